The number of halogens is 1. The number of hydrogen-bond donors (Lipinski definition) is 2. The summed E-state index contributed by atoms with van der Waals surface area (Å²) in [5.74, 6) is 0.447. The van der Waals surface area contributed by atoms with E-state index in [2.05, 4.69) is 5.16 Å². The highest BCUT2D eigenvalue weighted by atomic mass is 35.5. The Morgan fingerprint density at radius 3 is 2.78 bits per heavy atom. The Balaban J connectivity index is 2.67. The molecule has 5 nitrogen and oxygen atoms in total. The lowest BCUT2D eigenvalue weighted by molar-refractivity contribution is 0.184. The first-order chi connectivity index (χ1) is 8.70. The highest BCUT2D eigenvalue weighted by molar-refractivity contribution is 6.34. The molecule has 6 heteroatoms. The van der Waals surface area contributed by atoms with Crippen LogP contribution in [0.15, 0.2) is 23.4 Å². The quantitative estimate of drug-likeness (QED) is 0.262. The zero-order valence-electron chi connectivity index (χ0n) is 10.2. The average Bonchev–Trinajstić information content (AvgIpc) is 2.38. The summed E-state index contributed by atoms with van der Waals surface area (Å²) in [5, 5.41) is 12.0. The molecular weight excluding hydrogens is 256 g/mol. The van der Waals surface area contributed by atoms with Crippen LogP contribution in [0.1, 0.15) is 18.4 Å². The molecule has 1 aromatic carbocycles. The van der Waals surface area contributed by atoms with Crippen LogP contribution in [0.5, 0.6) is 5.75 Å². The molecule has 0 radical (unpaired) electrons. The first kappa shape index (κ1) is 14.6. The topological polar surface area (TPSA) is 77.1 Å². The van der Waals surface area contributed by atoms with E-state index in [0.29, 0.717) is 29.5 Å². The highest BCUT2D eigenvalue weighted by Gasteiger charge is 2.12. The predicted molar refractivity (Wildman–Crippen MR) is 70.6 cm³/mol. The zero-order chi connectivity index (χ0) is 13.4. The summed E-state index contributed by atoms with van der Waals surface area (Å²) in [7, 11) is 1.66. The zero-order valence-corrected chi connectivity index (χ0v) is 11.0. The lowest BCUT2D eigenvalue weighted by Crippen LogP contribution is -2.16. The second-order valence-electron chi connectivity index (χ2n) is 3.65. The molecule has 0 spiro atoms. The van der Waals surface area contributed by atoms with E-state index in [-0.39, 0.29) is 5.84 Å². The molecule has 0 atom stereocenters. The Morgan fingerprint density at radius 2 is 2.11 bits per heavy atom. The van der Waals surface area contributed by atoms with Crippen molar-refractivity contribution < 1.29 is 14.7 Å². The summed E-state index contributed by atoms with van der Waals surface area (Å²) in [6.45, 7) is 1.22. The first-order valence-corrected chi connectivity index (χ1v) is 5.96. The van der Waals surface area contributed by atoms with Crippen LogP contribution >= 0.6 is 11.6 Å². The summed E-state index contributed by atoms with van der Waals surface area (Å²) in [5.41, 5.74) is 5.97. The minimum atomic E-state index is -0.0625. The van der Waals surface area contributed by atoms with Gasteiger partial charge in [-0.2, -0.15) is 0 Å². The van der Waals surface area contributed by atoms with Crippen LogP contribution in [0, 0.1) is 0 Å². The molecule has 0 saturated carbocycles. The maximum Gasteiger partial charge on any atom is 0.175 e. The first-order valence-electron chi connectivity index (χ1n) is 5.59. The van der Waals surface area contributed by atoms with E-state index in [1.165, 1.54) is 0 Å². The molecule has 18 heavy (non-hydrogen) atoms. The molecule has 3 N–H and O–H groups in total. The van der Waals surface area contributed by atoms with Gasteiger partial charge in [0.05, 0.1) is 17.2 Å². The summed E-state index contributed by atoms with van der Waals surface area (Å²) < 4.78 is 10.5. The molecular formula is C12H17ClN2O3. The number of benzene rings is 1. The normalized spacial score (nSPS) is 11.6. The predicted octanol–water partition coefficient (Wildman–Crippen LogP) is 2.24. The van der Waals surface area contributed by atoms with E-state index in [9.17, 15) is 0 Å². The lowest BCUT2D eigenvalue weighted by Gasteiger charge is -2.11. The van der Waals surface area contributed by atoms with Crippen molar-refractivity contribution in [3.63, 3.8) is 0 Å². The number of rotatable bonds is 7. The van der Waals surface area contributed by atoms with Gasteiger partial charge in [-0.1, -0.05) is 22.8 Å². The third kappa shape index (κ3) is 4.09. The molecule has 0 saturated heterocycles. The number of oxime groups is 1. The highest BCUT2D eigenvalue weighted by Crippen LogP contribution is 2.26. The van der Waals surface area contributed by atoms with Gasteiger partial charge in [0.1, 0.15) is 5.75 Å². The fourth-order valence-electron chi connectivity index (χ4n) is 1.45. The number of nitrogens with zero attached hydrogens (tertiary/aromatic N) is 1. The Morgan fingerprint density at radius 1 is 1.39 bits per heavy atom. The van der Waals surface area contributed by atoms with E-state index >= 15 is 0 Å². The van der Waals surface area contributed by atoms with E-state index in [4.69, 9.17) is 32.0 Å². The van der Waals surface area contributed by atoms with Crippen molar-refractivity contribution in [1.29, 1.82) is 0 Å². The van der Waals surface area contributed by atoms with Gasteiger partial charge in [0, 0.05) is 13.7 Å². The van der Waals surface area contributed by atoms with Gasteiger partial charge >= 0.3 is 0 Å². The van der Waals surface area contributed by atoms with Crippen molar-refractivity contribution in [2.24, 2.45) is 10.9 Å². The molecule has 0 aromatic heterocycles. The molecule has 1 rings (SSSR count). The van der Waals surface area contributed by atoms with Crippen molar-refractivity contribution >= 4 is 17.4 Å². The van der Waals surface area contributed by atoms with Gasteiger partial charge in [-0.3, -0.25) is 0 Å². The molecule has 0 bridgehead atoms. The Hall–Kier alpha value is -1.46. The van der Waals surface area contributed by atoms with Gasteiger partial charge < -0.3 is 20.4 Å². The molecule has 0 fully saturated rings. The Labute approximate surface area is 111 Å². The van der Waals surface area contributed by atoms with Crippen LogP contribution in [0.4, 0.5) is 0 Å². The maximum atomic E-state index is 8.71. The van der Waals surface area contributed by atoms with Gasteiger partial charge in [-0.15, -0.1) is 0 Å². The van der Waals surface area contributed by atoms with Gasteiger partial charge in [-0.25, -0.2) is 0 Å². The monoisotopic (exact) mass is 272 g/mol. The van der Waals surface area contributed by atoms with Crippen molar-refractivity contribution in [3.05, 3.63) is 28.8 Å². The second-order valence-corrected chi connectivity index (χ2v) is 4.05. The van der Waals surface area contributed by atoms with Crippen LogP contribution in [0.2, 0.25) is 5.02 Å². The van der Waals surface area contributed by atoms with E-state index < -0.39 is 0 Å². The van der Waals surface area contributed by atoms with Gasteiger partial charge in [0.15, 0.2) is 5.84 Å². The van der Waals surface area contributed by atoms with Crippen LogP contribution in [0.25, 0.3) is 0 Å². The minimum Gasteiger partial charge on any atom is -0.493 e. The average molecular weight is 273 g/mol. The van der Waals surface area contributed by atoms with E-state index in [1.54, 1.807) is 25.3 Å². The summed E-state index contributed by atoms with van der Waals surface area (Å²) in [6.07, 6.45) is 1.77. The van der Waals surface area contributed by atoms with Gasteiger partial charge in [0.2, 0.25) is 0 Å². The number of unbranched alkanes of at least 4 members (excludes halogenated alkanes) is 1. The van der Waals surface area contributed by atoms with E-state index in [1.807, 2.05) is 0 Å². The van der Waals surface area contributed by atoms with Crippen molar-refractivity contribution in [3.8, 4) is 5.75 Å². The smallest absolute Gasteiger partial charge is 0.175 e. The molecule has 1 aromatic rings. The van der Waals surface area contributed by atoms with Crippen molar-refractivity contribution in [2.45, 2.75) is 12.8 Å². The fraction of sp³-hybridized carbons (Fsp3) is 0.417. The Bertz CT molecular complexity index is 410. The van der Waals surface area contributed by atoms with Crippen LogP contribution < -0.4 is 10.5 Å². The number of hydrogen-bond acceptors (Lipinski definition) is 4. The summed E-state index contributed by atoms with van der Waals surface area (Å²) >= 11 is 5.99. The number of ether oxygens (including phenoxy) is 2. The fourth-order valence-corrected chi connectivity index (χ4v) is 1.72. The molecule has 0 aliphatic heterocycles. The van der Waals surface area contributed by atoms with Crippen LogP contribution in [-0.2, 0) is 4.74 Å². The molecule has 0 aliphatic rings. The van der Waals surface area contributed by atoms with Crippen LogP contribution in [0.3, 0.4) is 0 Å². The number of methoxy groups -OCH3 is 1. The van der Waals surface area contributed by atoms with E-state index in [0.717, 1.165) is 12.8 Å². The SMILES string of the molecule is COCCCCOc1cccc(Cl)c1/C(N)=N/O. The third-order valence-corrected chi connectivity index (χ3v) is 2.65. The molecule has 0 aliphatic carbocycles. The number of amidine groups is 1. The Kier molecular flexibility index (Phi) is 6.32. The molecule has 0 unspecified atom stereocenters. The third-order valence-electron chi connectivity index (χ3n) is 2.34. The number of nitrogens with two attached hydrogens (primary N) is 1. The van der Waals surface area contributed by atoms with Gasteiger partial charge in [-0.05, 0) is 25.0 Å². The molecule has 0 amide bonds. The molecule has 100 valence electrons. The standard InChI is InChI=1S/C12H17ClN2O3/c1-17-7-2-3-8-18-10-6-4-5-9(13)11(10)12(14)15-16/h4-6,16H,2-3,7-8H2,1H3,(H2,14,15). The second kappa shape index (κ2) is 7.79. The summed E-state index contributed by atoms with van der Waals surface area (Å²) in [6, 6.07) is 5.14. The van der Waals surface area contributed by atoms with Gasteiger partial charge in [0.25, 0.3) is 0 Å². The van der Waals surface area contributed by atoms with Crippen molar-refractivity contribution in [1.82, 2.24) is 0 Å². The van der Waals surface area contributed by atoms with Crippen LogP contribution in [-0.4, -0.2) is 31.4 Å². The summed E-state index contributed by atoms with van der Waals surface area (Å²) in [4.78, 5) is 0. The molecule has 0 heterocycles. The lowest BCUT2D eigenvalue weighted by atomic mass is 10.2. The largest absolute Gasteiger partial charge is 0.493 e. The maximum absolute atomic E-state index is 8.71. The van der Waals surface area contributed by atoms with Crippen molar-refractivity contribution in [2.75, 3.05) is 20.3 Å². The minimum absolute atomic E-state index is 0.0625.